The zero-order chi connectivity index (χ0) is 12.0. The first-order chi connectivity index (χ1) is 7.69. The molecule has 0 heterocycles. The predicted molar refractivity (Wildman–Crippen MR) is 65.1 cm³/mol. The third-order valence-corrected chi connectivity index (χ3v) is 2.56. The number of alkyl halides is 4. The van der Waals surface area contributed by atoms with Gasteiger partial charge in [0.05, 0.1) is 0 Å². The lowest BCUT2D eigenvalue weighted by molar-refractivity contribution is 0.151. The molecule has 0 unspecified atom stereocenters. The number of hydrogen-bond acceptors (Lipinski definition) is 1. The summed E-state index contributed by atoms with van der Waals surface area (Å²) in [6.45, 7) is 1.31. The summed E-state index contributed by atoms with van der Waals surface area (Å²) in [5.74, 6) is 0.959. The van der Waals surface area contributed by atoms with E-state index >= 15 is 0 Å². The van der Waals surface area contributed by atoms with Gasteiger partial charge in [-0.15, -0.1) is 23.2 Å². The Morgan fingerprint density at radius 1 is 1.00 bits per heavy atom. The van der Waals surface area contributed by atoms with Gasteiger partial charge in [0.25, 0.3) is 6.43 Å². The molecule has 0 spiro atoms. The van der Waals surface area contributed by atoms with Gasteiger partial charge in [0.1, 0.15) is 0 Å². The van der Waals surface area contributed by atoms with E-state index in [0.29, 0.717) is 24.8 Å². The largest absolute Gasteiger partial charge is 0.369 e. The maximum Gasteiger partial charge on any atom is 0.263 e. The second-order valence-corrected chi connectivity index (χ2v) is 4.01. The topological polar surface area (TPSA) is 3.24 Å². The molecule has 0 saturated carbocycles. The van der Waals surface area contributed by atoms with Crippen LogP contribution in [0, 0.1) is 0 Å². The maximum atomic E-state index is 12.3. The van der Waals surface area contributed by atoms with Crippen molar-refractivity contribution < 1.29 is 8.78 Å². The number of rotatable bonds is 6. The standard InChI is InChI=1S/C11H13Cl2F2N/c12-5-7-16(8-6-13)10-3-1-9(2-4-10)11(14)15/h1-4,11H,5-8H2. The van der Waals surface area contributed by atoms with Gasteiger partial charge in [-0.1, -0.05) is 12.1 Å². The van der Waals surface area contributed by atoms with Crippen LogP contribution in [0.25, 0.3) is 0 Å². The Hall–Kier alpha value is -0.540. The van der Waals surface area contributed by atoms with Gasteiger partial charge in [-0.3, -0.25) is 0 Å². The van der Waals surface area contributed by atoms with Crippen molar-refractivity contribution >= 4 is 28.9 Å². The third kappa shape index (κ3) is 3.80. The van der Waals surface area contributed by atoms with Gasteiger partial charge in [0, 0.05) is 36.1 Å². The Morgan fingerprint density at radius 2 is 1.50 bits per heavy atom. The van der Waals surface area contributed by atoms with Crippen molar-refractivity contribution in [1.82, 2.24) is 0 Å². The number of benzene rings is 1. The summed E-state index contributed by atoms with van der Waals surface area (Å²) in [6, 6.07) is 6.19. The molecule has 1 aromatic carbocycles. The molecule has 0 aliphatic heterocycles. The van der Waals surface area contributed by atoms with Gasteiger partial charge in [0.2, 0.25) is 0 Å². The lowest BCUT2D eigenvalue weighted by atomic mass is 10.2. The summed E-state index contributed by atoms with van der Waals surface area (Å²) in [5, 5.41) is 0. The second-order valence-electron chi connectivity index (χ2n) is 3.26. The third-order valence-electron chi connectivity index (χ3n) is 2.22. The van der Waals surface area contributed by atoms with Gasteiger partial charge >= 0.3 is 0 Å². The van der Waals surface area contributed by atoms with Crippen LogP contribution in [0.3, 0.4) is 0 Å². The number of halogens is 4. The highest BCUT2D eigenvalue weighted by molar-refractivity contribution is 6.18. The summed E-state index contributed by atoms with van der Waals surface area (Å²) in [6.07, 6.45) is -2.43. The zero-order valence-electron chi connectivity index (χ0n) is 8.67. The minimum absolute atomic E-state index is 0.0282. The first-order valence-electron chi connectivity index (χ1n) is 4.94. The van der Waals surface area contributed by atoms with E-state index in [1.54, 1.807) is 12.1 Å². The molecule has 0 fully saturated rings. The lowest BCUT2D eigenvalue weighted by Crippen LogP contribution is -2.27. The highest BCUT2D eigenvalue weighted by Crippen LogP contribution is 2.22. The van der Waals surface area contributed by atoms with E-state index in [0.717, 1.165) is 5.69 Å². The molecule has 0 aliphatic rings. The van der Waals surface area contributed by atoms with E-state index in [9.17, 15) is 8.78 Å². The molecule has 1 aromatic rings. The van der Waals surface area contributed by atoms with Gasteiger partial charge < -0.3 is 4.90 Å². The molecule has 0 aromatic heterocycles. The fourth-order valence-electron chi connectivity index (χ4n) is 1.40. The van der Waals surface area contributed by atoms with Crippen molar-refractivity contribution in [1.29, 1.82) is 0 Å². The van der Waals surface area contributed by atoms with Gasteiger partial charge in [-0.2, -0.15) is 0 Å². The summed E-state index contributed by atoms with van der Waals surface area (Å²) in [5.41, 5.74) is 0.895. The molecule has 0 aliphatic carbocycles. The Labute approximate surface area is 104 Å². The summed E-state index contributed by atoms with van der Waals surface area (Å²) in [4.78, 5) is 1.97. The van der Waals surface area contributed by atoms with Crippen LogP contribution in [0.5, 0.6) is 0 Å². The Balaban J connectivity index is 2.76. The van der Waals surface area contributed by atoms with Crippen LogP contribution in [-0.2, 0) is 0 Å². The molecule has 90 valence electrons. The van der Waals surface area contributed by atoms with E-state index < -0.39 is 6.43 Å². The Bertz CT molecular complexity index is 297. The van der Waals surface area contributed by atoms with Crippen molar-refractivity contribution in [3.05, 3.63) is 29.8 Å². The summed E-state index contributed by atoms with van der Waals surface area (Å²) >= 11 is 11.3. The van der Waals surface area contributed by atoms with E-state index in [-0.39, 0.29) is 5.56 Å². The average molecular weight is 268 g/mol. The van der Waals surface area contributed by atoms with E-state index in [4.69, 9.17) is 23.2 Å². The molecule has 1 rings (SSSR count). The van der Waals surface area contributed by atoms with Crippen molar-refractivity contribution in [3.63, 3.8) is 0 Å². The summed E-state index contributed by atoms with van der Waals surface area (Å²) < 4.78 is 24.7. The first kappa shape index (κ1) is 13.5. The van der Waals surface area contributed by atoms with Crippen molar-refractivity contribution in [2.45, 2.75) is 6.43 Å². The second kappa shape index (κ2) is 6.92. The van der Waals surface area contributed by atoms with Gasteiger partial charge in [0.15, 0.2) is 0 Å². The van der Waals surface area contributed by atoms with E-state index in [1.165, 1.54) is 12.1 Å². The van der Waals surface area contributed by atoms with Crippen LogP contribution in [0.4, 0.5) is 14.5 Å². The molecule has 5 heteroatoms. The van der Waals surface area contributed by atoms with Crippen LogP contribution in [0.2, 0.25) is 0 Å². The van der Waals surface area contributed by atoms with Crippen LogP contribution in [0.15, 0.2) is 24.3 Å². The van der Waals surface area contributed by atoms with Gasteiger partial charge in [-0.05, 0) is 12.1 Å². The number of anilines is 1. The van der Waals surface area contributed by atoms with Gasteiger partial charge in [-0.25, -0.2) is 8.78 Å². The molecule has 0 saturated heterocycles. The Kier molecular flexibility index (Phi) is 5.85. The zero-order valence-corrected chi connectivity index (χ0v) is 10.2. The predicted octanol–water partition coefficient (Wildman–Crippen LogP) is 3.91. The minimum atomic E-state index is -2.43. The molecule has 0 amide bonds. The Morgan fingerprint density at radius 3 is 1.88 bits per heavy atom. The molecule has 0 radical (unpaired) electrons. The van der Waals surface area contributed by atoms with Crippen LogP contribution in [0.1, 0.15) is 12.0 Å². The molecule has 0 N–H and O–H groups in total. The normalized spacial score (nSPS) is 10.8. The van der Waals surface area contributed by atoms with E-state index in [1.807, 2.05) is 4.90 Å². The van der Waals surface area contributed by atoms with Crippen molar-refractivity contribution in [3.8, 4) is 0 Å². The molecule has 0 bridgehead atoms. The van der Waals surface area contributed by atoms with Crippen molar-refractivity contribution in [2.75, 3.05) is 29.7 Å². The minimum Gasteiger partial charge on any atom is -0.369 e. The molecule has 1 nitrogen and oxygen atoms in total. The lowest BCUT2D eigenvalue weighted by Gasteiger charge is -2.22. The SMILES string of the molecule is FC(F)c1ccc(N(CCCl)CCCl)cc1. The van der Waals surface area contributed by atoms with Crippen LogP contribution in [-0.4, -0.2) is 24.8 Å². The maximum absolute atomic E-state index is 12.3. The quantitative estimate of drug-likeness (QED) is 0.707. The van der Waals surface area contributed by atoms with E-state index in [2.05, 4.69) is 0 Å². The number of hydrogen-bond donors (Lipinski definition) is 0. The average Bonchev–Trinajstić information content (AvgIpc) is 2.29. The molecular formula is C11H13Cl2F2N. The summed E-state index contributed by atoms with van der Waals surface area (Å²) in [7, 11) is 0. The smallest absolute Gasteiger partial charge is 0.263 e. The van der Waals surface area contributed by atoms with Crippen LogP contribution >= 0.6 is 23.2 Å². The highest BCUT2D eigenvalue weighted by Gasteiger charge is 2.09. The van der Waals surface area contributed by atoms with Crippen LogP contribution < -0.4 is 4.90 Å². The monoisotopic (exact) mass is 267 g/mol. The highest BCUT2D eigenvalue weighted by atomic mass is 35.5. The first-order valence-corrected chi connectivity index (χ1v) is 6.01. The number of nitrogens with zero attached hydrogens (tertiary/aromatic N) is 1. The fraction of sp³-hybridized carbons (Fsp3) is 0.455. The fourth-order valence-corrected chi connectivity index (χ4v) is 1.81. The van der Waals surface area contributed by atoms with Crippen molar-refractivity contribution in [2.24, 2.45) is 0 Å². The molecular weight excluding hydrogens is 255 g/mol. The molecule has 0 atom stereocenters. The molecule has 16 heavy (non-hydrogen) atoms.